The van der Waals surface area contributed by atoms with Crippen LogP contribution in [0.3, 0.4) is 0 Å². The average molecular weight is 295 g/mol. The lowest BCUT2D eigenvalue weighted by molar-refractivity contribution is -0.126. The van der Waals surface area contributed by atoms with E-state index in [-0.39, 0.29) is 11.8 Å². The Bertz CT molecular complexity index is 531. The number of nitrogens with zero attached hydrogens (tertiary/aromatic N) is 1. The van der Waals surface area contributed by atoms with Gasteiger partial charge < -0.3 is 10.2 Å². The van der Waals surface area contributed by atoms with E-state index in [0.717, 1.165) is 30.5 Å². The van der Waals surface area contributed by atoms with E-state index in [2.05, 4.69) is 5.32 Å². The molecule has 1 aliphatic heterocycles. The van der Waals surface area contributed by atoms with Gasteiger partial charge in [0.2, 0.25) is 11.8 Å². The van der Waals surface area contributed by atoms with Crippen LogP contribution in [0.1, 0.15) is 32.3 Å². The van der Waals surface area contributed by atoms with Crippen LogP contribution in [0.25, 0.3) is 0 Å². The quantitative estimate of drug-likeness (QED) is 0.911. The standard InChI is InChI=1S/C15H19ClN2O2/c1-10(17-11(2)19)15(20)18-8-4-3-5-12-9-13(16)6-7-14(12)18/h6-7,9-10H,3-5,8H2,1-2H3,(H,17,19). The zero-order chi connectivity index (χ0) is 14.7. The number of carbonyl (C=O) groups excluding carboxylic acids is 2. The maximum absolute atomic E-state index is 12.5. The SMILES string of the molecule is CC(=O)NC(C)C(=O)N1CCCCc2cc(Cl)ccc21. The second-order valence-corrected chi connectivity index (χ2v) is 5.58. The summed E-state index contributed by atoms with van der Waals surface area (Å²) in [6.45, 7) is 3.81. The molecule has 0 spiro atoms. The summed E-state index contributed by atoms with van der Waals surface area (Å²) in [5.74, 6) is -0.275. The van der Waals surface area contributed by atoms with Crippen molar-refractivity contribution < 1.29 is 9.59 Å². The Balaban J connectivity index is 2.28. The molecule has 0 aromatic heterocycles. The lowest BCUT2D eigenvalue weighted by Gasteiger charge is -2.26. The molecule has 1 atom stereocenters. The number of carbonyl (C=O) groups is 2. The van der Waals surface area contributed by atoms with Crippen LogP contribution in [0.2, 0.25) is 5.02 Å². The molecule has 20 heavy (non-hydrogen) atoms. The minimum absolute atomic E-state index is 0.0781. The van der Waals surface area contributed by atoms with E-state index >= 15 is 0 Å². The van der Waals surface area contributed by atoms with E-state index in [9.17, 15) is 9.59 Å². The molecule has 0 aliphatic carbocycles. The van der Waals surface area contributed by atoms with Gasteiger partial charge in [-0.2, -0.15) is 0 Å². The van der Waals surface area contributed by atoms with Crippen LogP contribution in [-0.2, 0) is 16.0 Å². The summed E-state index contributed by atoms with van der Waals surface area (Å²) in [4.78, 5) is 25.4. The predicted molar refractivity (Wildman–Crippen MR) is 80.0 cm³/mol. The minimum Gasteiger partial charge on any atom is -0.345 e. The van der Waals surface area contributed by atoms with Crippen LogP contribution in [0.15, 0.2) is 18.2 Å². The molecule has 2 amide bonds. The lowest BCUT2D eigenvalue weighted by Crippen LogP contribution is -2.46. The van der Waals surface area contributed by atoms with E-state index in [1.54, 1.807) is 17.9 Å². The van der Waals surface area contributed by atoms with Crippen LogP contribution >= 0.6 is 11.6 Å². The van der Waals surface area contributed by atoms with Crippen molar-refractivity contribution in [2.75, 3.05) is 11.4 Å². The van der Waals surface area contributed by atoms with Gasteiger partial charge in [0.25, 0.3) is 0 Å². The molecule has 1 unspecified atom stereocenters. The molecule has 0 bridgehead atoms. The van der Waals surface area contributed by atoms with Crippen molar-refractivity contribution in [3.8, 4) is 0 Å². The third-order valence-corrected chi connectivity index (χ3v) is 3.70. The molecule has 108 valence electrons. The summed E-state index contributed by atoms with van der Waals surface area (Å²) < 4.78 is 0. The van der Waals surface area contributed by atoms with Gasteiger partial charge in [-0.3, -0.25) is 9.59 Å². The van der Waals surface area contributed by atoms with E-state index in [0.29, 0.717) is 11.6 Å². The number of anilines is 1. The molecular formula is C15H19ClN2O2. The lowest BCUT2D eigenvalue weighted by atomic mass is 10.1. The Morgan fingerprint density at radius 3 is 2.80 bits per heavy atom. The highest BCUT2D eigenvalue weighted by atomic mass is 35.5. The van der Waals surface area contributed by atoms with Crippen molar-refractivity contribution in [3.63, 3.8) is 0 Å². The number of aryl methyl sites for hydroxylation is 1. The summed E-state index contributed by atoms with van der Waals surface area (Å²) in [6.07, 6.45) is 2.91. The van der Waals surface area contributed by atoms with E-state index in [1.165, 1.54) is 6.92 Å². The fourth-order valence-corrected chi connectivity index (χ4v) is 2.75. The third-order valence-electron chi connectivity index (χ3n) is 3.47. The first-order valence-corrected chi connectivity index (χ1v) is 7.23. The highest BCUT2D eigenvalue weighted by molar-refractivity contribution is 6.30. The van der Waals surface area contributed by atoms with E-state index in [1.807, 2.05) is 12.1 Å². The molecule has 0 saturated carbocycles. The van der Waals surface area contributed by atoms with Crippen LogP contribution < -0.4 is 10.2 Å². The number of hydrogen-bond acceptors (Lipinski definition) is 2. The van der Waals surface area contributed by atoms with Crippen LogP contribution in [0.5, 0.6) is 0 Å². The third kappa shape index (κ3) is 3.31. The summed E-state index contributed by atoms with van der Waals surface area (Å²) in [7, 11) is 0. The Morgan fingerprint density at radius 2 is 2.10 bits per heavy atom. The first kappa shape index (κ1) is 14.9. The van der Waals surface area contributed by atoms with Gasteiger partial charge in [-0.15, -0.1) is 0 Å². The van der Waals surface area contributed by atoms with Gasteiger partial charge in [-0.25, -0.2) is 0 Å². The maximum atomic E-state index is 12.5. The molecule has 2 rings (SSSR count). The van der Waals surface area contributed by atoms with Crippen molar-refractivity contribution in [1.82, 2.24) is 5.32 Å². The van der Waals surface area contributed by atoms with Crippen LogP contribution in [0.4, 0.5) is 5.69 Å². The molecule has 0 radical (unpaired) electrons. The number of amides is 2. The molecular weight excluding hydrogens is 276 g/mol. The first-order chi connectivity index (χ1) is 9.49. The minimum atomic E-state index is -0.519. The summed E-state index contributed by atoms with van der Waals surface area (Å²) in [5, 5.41) is 3.33. The Kier molecular flexibility index (Phi) is 4.65. The fourth-order valence-electron chi connectivity index (χ4n) is 2.55. The predicted octanol–water partition coefficient (Wildman–Crippen LogP) is 2.53. The van der Waals surface area contributed by atoms with Gasteiger partial charge in [0.1, 0.15) is 6.04 Å². The second-order valence-electron chi connectivity index (χ2n) is 5.14. The van der Waals surface area contributed by atoms with Crippen LogP contribution in [-0.4, -0.2) is 24.4 Å². The molecule has 0 fully saturated rings. The van der Waals surface area contributed by atoms with Crippen molar-refractivity contribution in [3.05, 3.63) is 28.8 Å². The summed E-state index contributed by atoms with van der Waals surface area (Å²) in [6, 6.07) is 5.09. The molecule has 1 N–H and O–H groups in total. The molecule has 1 aliphatic rings. The smallest absolute Gasteiger partial charge is 0.249 e. The van der Waals surface area contributed by atoms with E-state index in [4.69, 9.17) is 11.6 Å². The molecule has 1 aromatic rings. The Morgan fingerprint density at radius 1 is 1.35 bits per heavy atom. The highest BCUT2D eigenvalue weighted by Crippen LogP contribution is 2.29. The van der Waals surface area contributed by atoms with Crippen LogP contribution in [0, 0.1) is 0 Å². The number of benzene rings is 1. The largest absolute Gasteiger partial charge is 0.345 e. The van der Waals surface area contributed by atoms with Gasteiger partial charge in [0.15, 0.2) is 0 Å². The Labute approximate surface area is 124 Å². The molecule has 4 nitrogen and oxygen atoms in total. The molecule has 1 heterocycles. The highest BCUT2D eigenvalue weighted by Gasteiger charge is 2.25. The van der Waals surface area contributed by atoms with Gasteiger partial charge in [0.05, 0.1) is 0 Å². The van der Waals surface area contributed by atoms with Gasteiger partial charge in [-0.1, -0.05) is 11.6 Å². The molecule has 1 aromatic carbocycles. The van der Waals surface area contributed by atoms with Crippen molar-refractivity contribution in [1.29, 1.82) is 0 Å². The van der Waals surface area contributed by atoms with Gasteiger partial charge >= 0.3 is 0 Å². The number of halogens is 1. The maximum Gasteiger partial charge on any atom is 0.249 e. The number of fused-ring (bicyclic) bond motifs is 1. The molecule has 5 heteroatoms. The van der Waals surface area contributed by atoms with Crippen molar-refractivity contribution >= 4 is 29.1 Å². The molecule has 0 saturated heterocycles. The Hall–Kier alpha value is -1.55. The number of nitrogens with one attached hydrogen (secondary N) is 1. The summed E-state index contributed by atoms with van der Waals surface area (Å²) >= 11 is 6.03. The topological polar surface area (TPSA) is 49.4 Å². The first-order valence-electron chi connectivity index (χ1n) is 6.86. The zero-order valence-electron chi connectivity index (χ0n) is 11.8. The van der Waals surface area contributed by atoms with Crippen molar-refractivity contribution in [2.24, 2.45) is 0 Å². The second kappa shape index (κ2) is 6.27. The summed E-state index contributed by atoms with van der Waals surface area (Å²) in [5.41, 5.74) is 2.01. The average Bonchev–Trinajstić information content (AvgIpc) is 2.58. The fraction of sp³-hybridized carbons (Fsp3) is 0.467. The van der Waals surface area contributed by atoms with Gasteiger partial charge in [0, 0.05) is 24.2 Å². The zero-order valence-corrected chi connectivity index (χ0v) is 12.5. The number of rotatable bonds is 2. The van der Waals surface area contributed by atoms with Gasteiger partial charge in [-0.05, 0) is 49.9 Å². The number of hydrogen-bond donors (Lipinski definition) is 1. The van der Waals surface area contributed by atoms with E-state index < -0.39 is 6.04 Å². The van der Waals surface area contributed by atoms with Crippen molar-refractivity contribution in [2.45, 2.75) is 39.2 Å². The normalized spacial score (nSPS) is 16.1. The monoisotopic (exact) mass is 294 g/mol.